The third-order valence-electron chi connectivity index (χ3n) is 10.5. The molecule has 0 amide bonds. The van der Waals surface area contributed by atoms with E-state index in [0.717, 1.165) is 99.8 Å². The van der Waals surface area contributed by atoms with Gasteiger partial charge in [0.1, 0.15) is 5.82 Å². The van der Waals surface area contributed by atoms with Crippen molar-refractivity contribution < 1.29 is 4.39 Å². The average molecular weight is 658 g/mol. The molecule has 3 aliphatic rings. The van der Waals surface area contributed by atoms with Crippen molar-refractivity contribution >= 4 is 17.5 Å². The maximum Gasteiger partial charge on any atom is 0.147 e. The van der Waals surface area contributed by atoms with Gasteiger partial charge in [0, 0.05) is 76.2 Å². The van der Waals surface area contributed by atoms with Gasteiger partial charge in [-0.3, -0.25) is 4.90 Å². The summed E-state index contributed by atoms with van der Waals surface area (Å²) in [6, 6.07) is 4.13. The standard InChI is InChI=1S/C40H60FN7/c1-7-10-16-35(9-3)45(6)31(5)36-28-39(37(41)27-33(36)8-2)47-25-23-46(24-26-47)29-32-19-21-48(22-20-32)40(43)18-17-38(42)30(4)44-34-14-12-11-13-15-34/h7-9,17-18,27-28,32,34-35,44H,1-5,10-16,19-26,29,42-43H2,6H3/b38-17-,40-18+. The molecule has 1 atom stereocenters. The zero-order chi connectivity index (χ0) is 34.6. The molecule has 2 saturated heterocycles. The van der Waals surface area contributed by atoms with Crippen LogP contribution in [0.1, 0.15) is 68.9 Å². The number of hydrogen-bond donors (Lipinski definition) is 3. The number of benzene rings is 1. The van der Waals surface area contributed by atoms with Gasteiger partial charge in [-0.1, -0.05) is 57.2 Å². The number of likely N-dealkylation sites (tertiary alicyclic amines) is 1. The van der Waals surface area contributed by atoms with Crippen LogP contribution in [0, 0.1) is 11.7 Å². The third kappa shape index (κ3) is 9.82. The Morgan fingerprint density at radius 2 is 1.67 bits per heavy atom. The molecule has 3 fully saturated rings. The molecular formula is C40H60FN7. The molecule has 4 rings (SSSR count). The Labute approximate surface area is 289 Å². The van der Waals surface area contributed by atoms with E-state index >= 15 is 4.39 Å². The van der Waals surface area contributed by atoms with Crippen molar-refractivity contribution in [1.82, 2.24) is 20.0 Å². The average Bonchev–Trinajstić information content (AvgIpc) is 3.11. The SMILES string of the molecule is C=CCCC(C=C)N(C)C(=C)c1cc(N2CCN(CC3CCN(/C(N)=C/C=C(\N)C(=C)NC4CCCCC4)CC3)CC2)c(F)cc1C=C. The number of nitrogens with zero attached hydrogens (tertiary/aromatic N) is 4. The Balaban J connectivity index is 1.27. The lowest BCUT2D eigenvalue weighted by Crippen LogP contribution is -2.49. The van der Waals surface area contributed by atoms with E-state index in [4.69, 9.17) is 11.5 Å². The zero-order valence-electron chi connectivity index (χ0n) is 29.4. The molecule has 48 heavy (non-hydrogen) atoms. The predicted octanol–water partition coefficient (Wildman–Crippen LogP) is 6.80. The van der Waals surface area contributed by atoms with Crippen LogP contribution in [0.15, 0.2) is 86.5 Å². The Hall–Kier alpha value is -3.91. The second-order valence-corrected chi connectivity index (χ2v) is 13.7. The minimum absolute atomic E-state index is 0.110. The molecular weight excluding hydrogens is 597 g/mol. The molecule has 8 heteroatoms. The molecule has 2 heterocycles. The van der Waals surface area contributed by atoms with Gasteiger partial charge in [-0.05, 0) is 74.3 Å². The van der Waals surface area contributed by atoms with Gasteiger partial charge in [0.25, 0.3) is 0 Å². The Morgan fingerprint density at radius 1 is 0.979 bits per heavy atom. The summed E-state index contributed by atoms with van der Waals surface area (Å²) in [6.45, 7) is 26.7. The smallest absolute Gasteiger partial charge is 0.147 e. The second-order valence-electron chi connectivity index (χ2n) is 13.7. The number of hydrogen-bond acceptors (Lipinski definition) is 7. The number of anilines is 1. The molecule has 2 aliphatic heterocycles. The molecule has 1 unspecified atom stereocenters. The van der Waals surface area contributed by atoms with Crippen molar-refractivity contribution in [1.29, 1.82) is 0 Å². The van der Waals surface area contributed by atoms with Gasteiger partial charge in [0.2, 0.25) is 0 Å². The lowest BCUT2D eigenvalue weighted by molar-refractivity contribution is 0.158. The number of rotatable bonds is 16. The van der Waals surface area contributed by atoms with Crippen molar-refractivity contribution in [3.63, 3.8) is 0 Å². The van der Waals surface area contributed by atoms with E-state index in [0.29, 0.717) is 23.3 Å². The fraction of sp³-hybridized carbons (Fsp3) is 0.500. The number of allylic oxidation sites excluding steroid dienone is 3. The van der Waals surface area contributed by atoms with E-state index in [-0.39, 0.29) is 11.9 Å². The van der Waals surface area contributed by atoms with Crippen molar-refractivity contribution in [3.8, 4) is 0 Å². The van der Waals surface area contributed by atoms with Crippen molar-refractivity contribution in [2.75, 3.05) is 57.8 Å². The van der Waals surface area contributed by atoms with Crippen LogP contribution in [0.2, 0.25) is 0 Å². The van der Waals surface area contributed by atoms with Crippen molar-refractivity contribution in [2.45, 2.75) is 69.9 Å². The molecule has 1 aromatic rings. The first-order valence-electron chi connectivity index (χ1n) is 17.9. The van der Waals surface area contributed by atoms with Gasteiger partial charge in [-0.25, -0.2) is 4.39 Å². The Bertz CT molecular complexity index is 1340. The topological polar surface area (TPSA) is 77.0 Å². The van der Waals surface area contributed by atoms with Crippen molar-refractivity contribution in [3.05, 3.63) is 103 Å². The summed E-state index contributed by atoms with van der Waals surface area (Å²) in [5.74, 6) is 1.16. The highest BCUT2D eigenvalue weighted by atomic mass is 19.1. The van der Waals surface area contributed by atoms with E-state index in [1.807, 2.05) is 37.4 Å². The third-order valence-corrected chi connectivity index (χ3v) is 10.5. The second kappa shape index (κ2) is 18.0. The first-order valence-corrected chi connectivity index (χ1v) is 17.9. The van der Waals surface area contributed by atoms with Gasteiger partial charge in [0.05, 0.1) is 22.9 Å². The number of piperazine rings is 1. The lowest BCUT2D eigenvalue weighted by atomic mass is 9.95. The van der Waals surface area contributed by atoms with Crippen LogP contribution in [-0.4, -0.2) is 79.6 Å². The van der Waals surface area contributed by atoms with Crippen LogP contribution in [-0.2, 0) is 0 Å². The lowest BCUT2D eigenvalue weighted by Gasteiger charge is -2.40. The fourth-order valence-electron chi connectivity index (χ4n) is 7.25. The van der Waals surface area contributed by atoms with Crippen LogP contribution in [0.4, 0.5) is 10.1 Å². The van der Waals surface area contributed by atoms with Crippen LogP contribution in [0.3, 0.4) is 0 Å². The number of halogens is 1. The van der Waals surface area contributed by atoms with E-state index in [1.165, 1.54) is 32.1 Å². The summed E-state index contributed by atoms with van der Waals surface area (Å²) in [4.78, 5) is 9.07. The Morgan fingerprint density at radius 3 is 2.29 bits per heavy atom. The highest BCUT2D eigenvalue weighted by Gasteiger charge is 2.26. The van der Waals surface area contributed by atoms with Crippen LogP contribution >= 0.6 is 0 Å². The first kappa shape index (κ1) is 36.9. The number of piperidine rings is 1. The molecule has 0 radical (unpaired) electrons. The monoisotopic (exact) mass is 657 g/mol. The minimum atomic E-state index is -0.219. The van der Waals surface area contributed by atoms with Gasteiger partial charge in [-0.2, -0.15) is 0 Å². The van der Waals surface area contributed by atoms with Crippen LogP contribution in [0.25, 0.3) is 11.8 Å². The molecule has 1 aliphatic carbocycles. The van der Waals surface area contributed by atoms with Gasteiger partial charge in [0.15, 0.2) is 0 Å². The summed E-state index contributed by atoms with van der Waals surface area (Å²) in [5, 5.41) is 3.50. The van der Waals surface area contributed by atoms with E-state index in [2.05, 4.69) is 57.8 Å². The van der Waals surface area contributed by atoms with Crippen LogP contribution in [0.5, 0.6) is 0 Å². The van der Waals surface area contributed by atoms with E-state index < -0.39 is 0 Å². The molecule has 0 bridgehead atoms. The summed E-state index contributed by atoms with van der Waals surface area (Å²) in [5.41, 5.74) is 17.3. The molecule has 1 saturated carbocycles. The molecule has 0 aromatic heterocycles. The summed E-state index contributed by atoms with van der Waals surface area (Å²) in [7, 11) is 2.02. The van der Waals surface area contributed by atoms with E-state index in [1.54, 1.807) is 12.1 Å². The molecule has 1 aromatic carbocycles. The van der Waals surface area contributed by atoms with E-state index in [9.17, 15) is 0 Å². The van der Waals surface area contributed by atoms with Gasteiger partial charge in [-0.15, -0.1) is 13.2 Å². The summed E-state index contributed by atoms with van der Waals surface area (Å²) in [6.07, 6.45) is 19.5. The highest BCUT2D eigenvalue weighted by molar-refractivity contribution is 5.75. The van der Waals surface area contributed by atoms with Crippen molar-refractivity contribution in [2.24, 2.45) is 17.4 Å². The minimum Gasteiger partial charge on any atom is -0.397 e. The normalized spacial score (nSPS) is 19.5. The fourth-order valence-corrected chi connectivity index (χ4v) is 7.25. The predicted molar refractivity (Wildman–Crippen MR) is 203 cm³/mol. The highest BCUT2D eigenvalue weighted by Crippen LogP contribution is 2.32. The van der Waals surface area contributed by atoms with Gasteiger partial charge < -0.3 is 31.5 Å². The number of nitrogens with one attached hydrogen (secondary N) is 1. The summed E-state index contributed by atoms with van der Waals surface area (Å²) >= 11 is 0. The molecule has 0 spiro atoms. The maximum absolute atomic E-state index is 15.5. The maximum atomic E-state index is 15.5. The number of nitrogens with two attached hydrogens (primary N) is 2. The first-order chi connectivity index (χ1) is 23.1. The molecule has 7 nitrogen and oxygen atoms in total. The molecule has 262 valence electrons. The van der Waals surface area contributed by atoms with Crippen LogP contribution < -0.4 is 21.7 Å². The zero-order valence-corrected chi connectivity index (χ0v) is 29.4. The largest absolute Gasteiger partial charge is 0.397 e. The summed E-state index contributed by atoms with van der Waals surface area (Å²) < 4.78 is 15.5. The quantitative estimate of drug-likeness (QED) is 0.133. The molecule has 5 N–H and O–H groups in total. The number of likely N-dealkylation sites (N-methyl/N-ethyl adjacent to an activating group) is 1. The Kier molecular flexibility index (Phi) is 13.9. The van der Waals surface area contributed by atoms with Gasteiger partial charge >= 0.3 is 0 Å².